The van der Waals surface area contributed by atoms with Gasteiger partial charge in [-0.3, -0.25) is 4.57 Å². The number of fused-ring (bicyclic) bond motifs is 2. The lowest BCUT2D eigenvalue weighted by Gasteiger charge is -2.52. The smallest absolute Gasteiger partial charge is 0.406 e. The third-order valence-electron chi connectivity index (χ3n) is 8.59. The summed E-state index contributed by atoms with van der Waals surface area (Å²) in [6.45, 7) is 4.64. The zero-order valence-electron chi connectivity index (χ0n) is 23.0. The van der Waals surface area contributed by atoms with Gasteiger partial charge in [0.2, 0.25) is 0 Å². The standard InChI is InChI=1S/C27H33F3N8O4/c1-13(2)26(8-14(9-26)3-6-19-36-16-5-4-15(7-17(16)37-19)42-27(28,29)30)35-10-18-21(39)22(40)25(41-18)38-12-34-20-23(31)32-11-33-24(20)38/h4-5,7,11-14,18,21-22,25,35,39-40H,3,6,8-10H2,1-2H3,(H,36,37)(H2,31,32,33)/t14-,18-,21+,22+,25-,26-/m1/s1. The van der Waals surface area contributed by atoms with Crippen LogP contribution in [0.1, 0.15) is 45.2 Å². The average Bonchev–Trinajstić information content (AvgIpc) is 3.58. The Hall–Kier alpha value is -3.53. The van der Waals surface area contributed by atoms with Gasteiger partial charge >= 0.3 is 6.36 Å². The first-order valence-electron chi connectivity index (χ1n) is 13.9. The molecule has 0 radical (unpaired) electrons. The number of aryl methyl sites for hydroxylation is 1. The number of H-pyrrole nitrogens is 1. The van der Waals surface area contributed by atoms with E-state index >= 15 is 0 Å². The number of hydrogen-bond donors (Lipinski definition) is 5. The number of rotatable bonds is 9. The van der Waals surface area contributed by atoms with Crippen molar-refractivity contribution in [3.05, 3.63) is 36.7 Å². The summed E-state index contributed by atoms with van der Waals surface area (Å²) in [4.78, 5) is 20.0. The maximum Gasteiger partial charge on any atom is 0.573 e. The second kappa shape index (κ2) is 10.6. The summed E-state index contributed by atoms with van der Waals surface area (Å²) < 4.78 is 49.3. The van der Waals surface area contributed by atoms with Crippen LogP contribution in [0.15, 0.2) is 30.9 Å². The lowest BCUT2D eigenvalue weighted by atomic mass is 9.61. The summed E-state index contributed by atoms with van der Waals surface area (Å²) in [5, 5.41) is 25.2. The highest BCUT2D eigenvalue weighted by Gasteiger charge is 2.49. The minimum atomic E-state index is -4.75. The number of anilines is 1. The summed E-state index contributed by atoms with van der Waals surface area (Å²) in [6, 6.07) is 4.07. The molecule has 1 aliphatic carbocycles. The summed E-state index contributed by atoms with van der Waals surface area (Å²) in [7, 11) is 0. The van der Waals surface area contributed by atoms with E-state index in [4.69, 9.17) is 10.5 Å². The summed E-state index contributed by atoms with van der Waals surface area (Å²) in [6.07, 6.45) is -2.47. The van der Waals surface area contributed by atoms with Crippen LogP contribution < -0.4 is 15.8 Å². The van der Waals surface area contributed by atoms with Crippen LogP contribution in [0, 0.1) is 11.8 Å². The van der Waals surface area contributed by atoms with E-state index in [9.17, 15) is 23.4 Å². The quantitative estimate of drug-likeness (QED) is 0.195. The van der Waals surface area contributed by atoms with E-state index in [-0.39, 0.29) is 17.1 Å². The summed E-state index contributed by atoms with van der Waals surface area (Å²) in [5.74, 6) is 1.36. The second-order valence-corrected chi connectivity index (χ2v) is 11.5. The zero-order valence-corrected chi connectivity index (χ0v) is 23.0. The fraction of sp³-hybridized carbons (Fsp3) is 0.556. The first-order valence-corrected chi connectivity index (χ1v) is 13.9. The van der Waals surface area contributed by atoms with Crippen LogP contribution in [-0.2, 0) is 11.2 Å². The summed E-state index contributed by atoms with van der Waals surface area (Å²) in [5.41, 5.74) is 7.61. The topological polar surface area (TPSA) is 169 Å². The van der Waals surface area contributed by atoms with Crippen molar-refractivity contribution in [1.82, 2.24) is 34.8 Å². The molecular weight excluding hydrogens is 557 g/mol. The van der Waals surface area contributed by atoms with Crippen LogP contribution in [-0.4, -0.2) is 76.5 Å². The SMILES string of the molecule is CC(C)[C@]1(NC[C@H]2O[C@@H](n3cnc4c(N)ncnc43)[C@@H](O)[C@H]2O)C[C@H](CCc2nc3cc(OC(F)(F)F)ccc3[nH]2)C1. The molecule has 4 heterocycles. The molecule has 12 nitrogen and oxygen atoms in total. The van der Waals surface area contributed by atoms with Crippen LogP contribution in [0.25, 0.3) is 22.2 Å². The van der Waals surface area contributed by atoms with Gasteiger partial charge in [-0.05, 0) is 43.2 Å². The highest BCUT2D eigenvalue weighted by Crippen LogP contribution is 2.45. The van der Waals surface area contributed by atoms with Crippen molar-refractivity contribution < 1.29 is 32.9 Å². The van der Waals surface area contributed by atoms with Gasteiger partial charge in [0.25, 0.3) is 0 Å². The predicted molar refractivity (Wildman–Crippen MR) is 145 cm³/mol. The van der Waals surface area contributed by atoms with Gasteiger partial charge in [-0.25, -0.2) is 19.9 Å². The molecule has 1 saturated heterocycles. The van der Waals surface area contributed by atoms with Gasteiger partial charge in [-0.15, -0.1) is 13.2 Å². The Morgan fingerprint density at radius 1 is 1.21 bits per heavy atom. The highest BCUT2D eigenvalue weighted by molar-refractivity contribution is 5.81. The first kappa shape index (κ1) is 28.6. The molecule has 1 saturated carbocycles. The molecule has 0 unspecified atom stereocenters. The molecule has 0 bridgehead atoms. The molecule has 2 fully saturated rings. The Labute approximate surface area is 238 Å². The third kappa shape index (κ3) is 5.37. The van der Waals surface area contributed by atoms with Crippen molar-refractivity contribution in [2.24, 2.45) is 11.8 Å². The van der Waals surface area contributed by atoms with Crippen LogP contribution in [0.4, 0.5) is 19.0 Å². The number of aromatic amines is 1. The minimum Gasteiger partial charge on any atom is -0.406 e. The van der Waals surface area contributed by atoms with Crippen molar-refractivity contribution in [1.29, 1.82) is 0 Å². The molecule has 1 aromatic carbocycles. The fourth-order valence-corrected chi connectivity index (χ4v) is 6.18. The molecule has 0 spiro atoms. The van der Waals surface area contributed by atoms with Gasteiger partial charge in [0.15, 0.2) is 17.7 Å². The van der Waals surface area contributed by atoms with Gasteiger partial charge in [0.1, 0.15) is 41.7 Å². The van der Waals surface area contributed by atoms with Gasteiger partial charge in [-0.1, -0.05) is 13.8 Å². The number of hydrogen-bond acceptors (Lipinski definition) is 10. The number of nitrogens with two attached hydrogens (primary N) is 1. The Bertz CT molecular complexity index is 1570. The van der Waals surface area contributed by atoms with Gasteiger partial charge in [-0.2, -0.15) is 0 Å². The molecule has 3 aromatic heterocycles. The lowest BCUT2D eigenvalue weighted by molar-refractivity contribution is -0.274. The van der Waals surface area contributed by atoms with E-state index < -0.39 is 30.9 Å². The molecule has 2 aliphatic rings. The molecule has 0 amide bonds. The Kier molecular flexibility index (Phi) is 7.23. The molecule has 1 aliphatic heterocycles. The number of aliphatic hydroxyl groups is 2. The van der Waals surface area contributed by atoms with E-state index in [1.54, 1.807) is 4.57 Å². The predicted octanol–water partition coefficient (Wildman–Crippen LogP) is 2.83. The second-order valence-electron chi connectivity index (χ2n) is 11.5. The van der Waals surface area contributed by atoms with E-state index in [1.165, 1.54) is 30.9 Å². The molecule has 15 heteroatoms. The molecule has 4 aromatic rings. The van der Waals surface area contributed by atoms with Crippen molar-refractivity contribution in [2.75, 3.05) is 12.3 Å². The Morgan fingerprint density at radius 2 is 2.00 bits per heavy atom. The molecule has 4 atom stereocenters. The molecular formula is C27H33F3N8O4. The summed E-state index contributed by atoms with van der Waals surface area (Å²) >= 11 is 0. The maximum atomic E-state index is 12.5. The fourth-order valence-electron chi connectivity index (χ4n) is 6.18. The average molecular weight is 591 g/mol. The van der Waals surface area contributed by atoms with Crippen molar-refractivity contribution in [2.45, 2.75) is 76.0 Å². The van der Waals surface area contributed by atoms with E-state index in [1.807, 2.05) is 0 Å². The number of nitrogen functional groups attached to an aromatic ring is 1. The number of imidazole rings is 2. The number of aliphatic hydroxyl groups excluding tert-OH is 2. The van der Waals surface area contributed by atoms with Crippen LogP contribution in [0.3, 0.4) is 0 Å². The third-order valence-corrected chi connectivity index (χ3v) is 8.59. The monoisotopic (exact) mass is 590 g/mol. The number of aromatic nitrogens is 6. The Balaban J connectivity index is 1.04. The van der Waals surface area contributed by atoms with Crippen molar-refractivity contribution >= 4 is 28.0 Å². The number of benzene rings is 1. The molecule has 42 heavy (non-hydrogen) atoms. The van der Waals surface area contributed by atoms with E-state index in [0.29, 0.717) is 52.8 Å². The van der Waals surface area contributed by atoms with Crippen molar-refractivity contribution in [3.63, 3.8) is 0 Å². The first-order chi connectivity index (χ1) is 19.9. The molecule has 6 N–H and O–H groups in total. The normalized spacial score (nSPS) is 28.1. The number of ether oxygens (including phenoxy) is 2. The number of nitrogens with zero attached hydrogens (tertiary/aromatic N) is 5. The molecule has 6 rings (SSSR count). The van der Waals surface area contributed by atoms with Gasteiger partial charge in [0.05, 0.1) is 17.4 Å². The van der Waals surface area contributed by atoms with Gasteiger partial charge < -0.3 is 35.7 Å². The number of alkyl halides is 3. The lowest BCUT2D eigenvalue weighted by Crippen LogP contribution is -2.61. The minimum absolute atomic E-state index is 0.155. The highest BCUT2D eigenvalue weighted by atomic mass is 19.4. The number of nitrogens with one attached hydrogen (secondary N) is 2. The van der Waals surface area contributed by atoms with E-state index in [2.05, 4.69) is 48.8 Å². The number of halogens is 3. The van der Waals surface area contributed by atoms with Crippen molar-refractivity contribution in [3.8, 4) is 5.75 Å². The Morgan fingerprint density at radius 3 is 2.74 bits per heavy atom. The molecule has 226 valence electrons. The van der Waals surface area contributed by atoms with E-state index in [0.717, 1.165) is 19.3 Å². The van der Waals surface area contributed by atoms with Crippen LogP contribution in [0.2, 0.25) is 0 Å². The van der Waals surface area contributed by atoms with Gasteiger partial charge in [0, 0.05) is 24.6 Å². The van der Waals surface area contributed by atoms with Crippen LogP contribution in [0.5, 0.6) is 5.75 Å². The zero-order chi connectivity index (χ0) is 29.8. The largest absolute Gasteiger partial charge is 0.573 e. The maximum absolute atomic E-state index is 12.5. The van der Waals surface area contributed by atoms with Crippen LogP contribution >= 0.6 is 0 Å².